The predicted molar refractivity (Wildman–Crippen MR) is 93.1 cm³/mol. The van der Waals surface area contributed by atoms with Crippen molar-refractivity contribution in [1.82, 2.24) is 4.90 Å². The third-order valence-electron chi connectivity index (χ3n) is 5.24. The average Bonchev–Trinajstić information content (AvgIpc) is 2.77. The normalized spacial score (nSPS) is 18.9. The third-order valence-corrected chi connectivity index (χ3v) is 5.24. The van der Waals surface area contributed by atoms with Gasteiger partial charge in [-0.1, -0.05) is 49.7 Å². The molecule has 0 spiro atoms. The lowest BCUT2D eigenvalue weighted by molar-refractivity contribution is -0.130. The van der Waals surface area contributed by atoms with Crippen LogP contribution >= 0.6 is 0 Å². The maximum Gasteiger partial charge on any atom is 0.260 e. The SMILES string of the molecule is CCCCN1C(=O)c2cccc3c2C(Cc2ccccc2C3)C1=O. The van der Waals surface area contributed by atoms with Crippen molar-refractivity contribution in [1.29, 1.82) is 0 Å². The van der Waals surface area contributed by atoms with Crippen LogP contribution in [0, 0.1) is 0 Å². The molecule has 1 atom stereocenters. The molecule has 24 heavy (non-hydrogen) atoms. The van der Waals surface area contributed by atoms with Gasteiger partial charge in [0.05, 0.1) is 5.92 Å². The zero-order valence-corrected chi connectivity index (χ0v) is 13.9. The van der Waals surface area contributed by atoms with Crippen molar-refractivity contribution in [3.8, 4) is 0 Å². The summed E-state index contributed by atoms with van der Waals surface area (Å²) in [6.45, 7) is 2.60. The Kier molecular flexibility index (Phi) is 3.72. The molecule has 122 valence electrons. The van der Waals surface area contributed by atoms with Gasteiger partial charge >= 0.3 is 0 Å². The lowest BCUT2D eigenvalue weighted by Gasteiger charge is -2.33. The van der Waals surface area contributed by atoms with Crippen molar-refractivity contribution >= 4 is 11.8 Å². The van der Waals surface area contributed by atoms with Gasteiger partial charge in [-0.25, -0.2) is 0 Å². The summed E-state index contributed by atoms with van der Waals surface area (Å²) in [6, 6.07) is 14.2. The van der Waals surface area contributed by atoms with Crippen LogP contribution in [-0.2, 0) is 17.6 Å². The summed E-state index contributed by atoms with van der Waals surface area (Å²) >= 11 is 0. The molecular formula is C21H21NO2. The zero-order chi connectivity index (χ0) is 16.7. The van der Waals surface area contributed by atoms with Crippen LogP contribution in [0.1, 0.15) is 58.3 Å². The van der Waals surface area contributed by atoms with E-state index in [0.717, 1.165) is 36.0 Å². The molecule has 0 saturated carbocycles. The number of hydrogen-bond acceptors (Lipinski definition) is 2. The predicted octanol–water partition coefficient (Wildman–Crippen LogP) is 3.70. The highest BCUT2D eigenvalue weighted by atomic mass is 16.2. The largest absolute Gasteiger partial charge is 0.278 e. The number of unbranched alkanes of at least 4 members (excludes halogenated alkanes) is 1. The van der Waals surface area contributed by atoms with E-state index >= 15 is 0 Å². The van der Waals surface area contributed by atoms with Gasteiger partial charge in [0.1, 0.15) is 0 Å². The highest BCUT2D eigenvalue weighted by molar-refractivity contribution is 6.12. The van der Waals surface area contributed by atoms with E-state index in [0.29, 0.717) is 13.0 Å². The van der Waals surface area contributed by atoms with Crippen LogP contribution in [0.3, 0.4) is 0 Å². The summed E-state index contributed by atoms with van der Waals surface area (Å²) in [7, 11) is 0. The Hall–Kier alpha value is -2.42. The Bertz CT molecular complexity index is 824. The molecule has 1 aliphatic heterocycles. The summed E-state index contributed by atoms with van der Waals surface area (Å²) in [6.07, 6.45) is 3.31. The van der Waals surface area contributed by atoms with Gasteiger partial charge in [-0.15, -0.1) is 0 Å². The minimum Gasteiger partial charge on any atom is -0.278 e. The molecular weight excluding hydrogens is 298 g/mol. The highest BCUT2D eigenvalue weighted by Gasteiger charge is 2.40. The monoisotopic (exact) mass is 319 g/mol. The minimum atomic E-state index is -0.227. The van der Waals surface area contributed by atoms with Gasteiger partial charge in [-0.2, -0.15) is 0 Å². The fourth-order valence-corrected chi connectivity index (χ4v) is 3.99. The van der Waals surface area contributed by atoms with Crippen molar-refractivity contribution in [2.24, 2.45) is 0 Å². The molecule has 2 aromatic rings. The van der Waals surface area contributed by atoms with Gasteiger partial charge < -0.3 is 0 Å². The van der Waals surface area contributed by atoms with Crippen molar-refractivity contribution in [3.63, 3.8) is 0 Å². The maximum absolute atomic E-state index is 13.1. The molecule has 0 bridgehead atoms. The van der Waals surface area contributed by atoms with Crippen molar-refractivity contribution < 1.29 is 9.59 Å². The number of imide groups is 1. The van der Waals surface area contributed by atoms with E-state index in [-0.39, 0.29) is 17.7 Å². The first-order valence-corrected chi connectivity index (χ1v) is 8.75. The first-order valence-electron chi connectivity index (χ1n) is 8.75. The molecule has 3 nitrogen and oxygen atoms in total. The molecule has 0 saturated heterocycles. The summed E-state index contributed by atoms with van der Waals surface area (Å²) in [4.78, 5) is 27.4. The molecule has 2 amide bonds. The number of carbonyl (C=O) groups is 2. The number of benzene rings is 2. The van der Waals surface area contributed by atoms with E-state index in [9.17, 15) is 9.59 Å². The van der Waals surface area contributed by atoms with E-state index in [1.54, 1.807) is 0 Å². The van der Waals surface area contributed by atoms with Gasteiger partial charge in [0.25, 0.3) is 5.91 Å². The van der Waals surface area contributed by atoms with E-state index in [1.807, 2.05) is 24.3 Å². The molecule has 2 aliphatic rings. The van der Waals surface area contributed by atoms with Crippen LogP contribution < -0.4 is 0 Å². The second-order valence-electron chi connectivity index (χ2n) is 6.73. The Morgan fingerprint density at radius 2 is 1.75 bits per heavy atom. The van der Waals surface area contributed by atoms with Crippen molar-refractivity contribution in [3.05, 3.63) is 70.3 Å². The first-order chi connectivity index (χ1) is 11.7. The fourth-order valence-electron chi connectivity index (χ4n) is 3.99. The second-order valence-corrected chi connectivity index (χ2v) is 6.73. The van der Waals surface area contributed by atoms with Crippen molar-refractivity contribution in [2.45, 2.75) is 38.5 Å². The molecule has 2 aromatic carbocycles. The van der Waals surface area contributed by atoms with E-state index in [2.05, 4.69) is 25.1 Å². The molecule has 0 N–H and O–H groups in total. The number of nitrogens with zero attached hydrogens (tertiary/aromatic N) is 1. The van der Waals surface area contributed by atoms with Crippen LogP contribution in [0.25, 0.3) is 0 Å². The van der Waals surface area contributed by atoms with Gasteiger partial charge in [-0.3, -0.25) is 14.5 Å². The molecule has 4 rings (SSSR count). The van der Waals surface area contributed by atoms with Crippen molar-refractivity contribution in [2.75, 3.05) is 6.54 Å². The number of rotatable bonds is 3. The molecule has 1 unspecified atom stereocenters. The Labute approximate surface area is 142 Å². The van der Waals surface area contributed by atoms with Gasteiger partial charge in [-0.05, 0) is 47.6 Å². The number of carbonyl (C=O) groups excluding carboxylic acids is 2. The molecule has 3 heteroatoms. The quantitative estimate of drug-likeness (QED) is 0.809. The molecule has 0 fully saturated rings. The van der Waals surface area contributed by atoms with Gasteiger partial charge in [0, 0.05) is 12.1 Å². The molecule has 0 aromatic heterocycles. The number of hydrogen-bond donors (Lipinski definition) is 0. The fraction of sp³-hybridized carbons (Fsp3) is 0.333. The lowest BCUT2D eigenvalue weighted by Crippen LogP contribution is -2.46. The van der Waals surface area contributed by atoms with E-state index in [1.165, 1.54) is 16.0 Å². The van der Waals surface area contributed by atoms with Gasteiger partial charge in [0.15, 0.2) is 0 Å². The topological polar surface area (TPSA) is 37.4 Å². The summed E-state index contributed by atoms with van der Waals surface area (Å²) in [5, 5.41) is 0. The van der Waals surface area contributed by atoms with Crippen LogP contribution in [0.15, 0.2) is 42.5 Å². The van der Waals surface area contributed by atoms with Crippen LogP contribution in [-0.4, -0.2) is 23.3 Å². The summed E-state index contributed by atoms with van der Waals surface area (Å²) in [5.41, 5.74) is 5.31. The average molecular weight is 319 g/mol. The van der Waals surface area contributed by atoms with Crippen LogP contribution in [0.4, 0.5) is 0 Å². The molecule has 1 aliphatic carbocycles. The Morgan fingerprint density at radius 3 is 2.54 bits per heavy atom. The number of amides is 2. The second kappa shape index (κ2) is 5.90. The number of fused-ring (bicyclic) bond motifs is 1. The Morgan fingerprint density at radius 1 is 1.00 bits per heavy atom. The van der Waals surface area contributed by atoms with E-state index in [4.69, 9.17) is 0 Å². The minimum absolute atomic E-state index is 0.0231. The Balaban J connectivity index is 1.86. The smallest absolute Gasteiger partial charge is 0.260 e. The summed E-state index contributed by atoms with van der Waals surface area (Å²) in [5.74, 6) is -0.369. The highest BCUT2D eigenvalue weighted by Crippen LogP contribution is 2.38. The van der Waals surface area contributed by atoms with E-state index < -0.39 is 0 Å². The first kappa shape index (κ1) is 15.1. The van der Waals surface area contributed by atoms with Gasteiger partial charge in [0.2, 0.25) is 5.91 Å². The zero-order valence-electron chi connectivity index (χ0n) is 13.9. The molecule has 0 radical (unpaired) electrons. The third kappa shape index (κ3) is 2.27. The standard InChI is InChI=1S/C21H21NO2/c1-2-3-11-22-20(23)17-10-6-9-16-12-14-7-4-5-8-15(14)13-18(19(16)17)21(22)24/h4-10,18H,2-3,11-13H2,1H3. The lowest BCUT2D eigenvalue weighted by atomic mass is 9.83. The molecule has 1 heterocycles. The van der Waals surface area contributed by atoms with Crippen LogP contribution in [0.5, 0.6) is 0 Å². The summed E-state index contributed by atoms with van der Waals surface area (Å²) < 4.78 is 0. The maximum atomic E-state index is 13.1. The van der Waals surface area contributed by atoms with Crippen LogP contribution in [0.2, 0.25) is 0 Å².